The van der Waals surface area contributed by atoms with Gasteiger partial charge in [0.25, 0.3) is 0 Å². The van der Waals surface area contributed by atoms with Crippen molar-refractivity contribution in [2.75, 3.05) is 6.54 Å². The number of hydrogen-bond donors (Lipinski definition) is 2. The zero-order valence-corrected chi connectivity index (χ0v) is 13.1. The van der Waals surface area contributed by atoms with Crippen LogP contribution in [0.3, 0.4) is 0 Å². The summed E-state index contributed by atoms with van der Waals surface area (Å²) >= 11 is 6.18. The molecule has 0 spiro atoms. The molecule has 114 valence electrons. The van der Waals surface area contributed by atoms with Crippen molar-refractivity contribution >= 4 is 22.6 Å². The van der Waals surface area contributed by atoms with Crippen molar-refractivity contribution in [3.05, 3.63) is 35.0 Å². The van der Waals surface area contributed by atoms with E-state index in [2.05, 4.69) is 12.2 Å². The second kappa shape index (κ2) is 5.99. The van der Waals surface area contributed by atoms with Gasteiger partial charge in [0, 0.05) is 24.0 Å². The fourth-order valence-corrected chi connectivity index (χ4v) is 3.70. The molecule has 0 bridgehead atoms. The van der Waals surface area contributed by atoms with E-state index in [1.54, 1.807) is 0 Å². The summed E-state index contributed by atoms with van der Waals surface area (Å²) in [7, 11) is 0. The smallest absolute Gasteiger partial charge is 0.199 e. The Balaban J connectivity index is 1.65. The van der Waals surface area contributed by atoms with E-state index >= 15 is 0 Å². The Bertz CT molecular complexity index is 624. The van der Waals surface area contributed by atoms with Crippen LogP contribution in [0.25, 0.3) is 11.0 Å². The first-order valence-corrected chi connectivity index (χ1v) is 8.04. The van der Waals surface area contributed by atoms with Gasteiger partial charge in [-0.1, -0.05) is 38.0 Å². The Morgan fingerprint density at radius 2 is 2.24 bits per heavy atom. The first-order chi connectivity index (χ1) is 10.1. The molecule has 1 saturated carbocycles. The molecule has 0 saturated heterocycles. The Labute approximate surface area is 130 Å². The molecule has 21 heavy (non-hydrogen) atoms. The standard InChI is InChI=1S/C17H22ClNO2/c1-12-5-4-8-17(20,9-12)11-19-10-14-13-6-2-3-7-15(13)21-16(14)18/h2-3,6-7,12,19-20H,4-5,8-11H2,1H3. The lowest BCUT2D eigenvalue weighted by Gasteiger charge is -2.35. The summed E-state index contributed by atoms with van der Waals surface area (Å²) in [4.78, 5) is 0. The van der Waals surface area contributed by atoms with Crippen molar-refractivity contribution < 1.29 is 9.52 Å². The molecule has 0 amide bonds. The van der Waals surface area contributed by atoms with Gasteiger partial charge in [-0.25, -0.2) is 0 Å². The van der Waals surface area contributed by atoms with E-state index in [0.717, 1.165) is 35.8 Å². The van der Waals surface area contributed by atoms with Crippen LogP contribution in [0.4, 0.5) is 0 Å². The fraction of sp³-hybridized carbons (Fsp3) is 0.529. The lowest BCUT2D eigenvalue weighted by molar-refractivity contribution is -0.0119. The van der Waals surface area contributed by atoms with E-state index in [0.29, 0.717) is 24.2 Å². The molecule has 3 nitrogen and oxygen atoms in total. The van der Waals surface area contributed by atoms with Gasteiger partial charge in [-0.05, 0) is 36.4 Å². The van der Waals surface area contributed by atoms with Gasteiger partial charge in [-0.15, -0.1) is 0 Å². The van der Waals surface area contributed by atoms with Crippen molar-refractivity contribution in [3.8, 4) is 0 Å². The van der Waals surface area contributed by atoms with Crippen molar-refractivity contribution in [1.82, 2.24) is 5.32 Å². The van der Waals surface area contributed by atoms with Crippen LogP contribution in [0.5, 0.6) is 0 Å². The van der Waals surface area contributed by atoms with Gasteiger partial charge in [0.2, 0.25) is 0 Å². The number of halogens is 1. The highest BCUT2D eigenvalue weighted by atomic mass is 35.5. The molecule has 2 atom stereocenters. The number of fused-ring (bicyclic) bond motifs is 1. The number of nitrogens with one attached hydrogen (secondary N) is 1. The summed E-state index contributed by atoms with van der Waals surface area (Å²) in [5.74, 6) is 0.601. The molecular formula is C17H22ClNO2. The molecule has 1 aliphatic rings. The van der Waals surface area contributed by atoms with Crippen LogP contribution in [0.2, 0.25) is 5.22 Å². The van der Waals surface area contributed by atoms with Gasteiger partial charge in [0.05, 0.1) is 5.60 Å². The lowest BCUT2D eigenvalue weighted by atomic mass is 9.79. The lowest BCUT2D eigenvalue weighted by Crippen LogP contribution is -2.43. The van der Waals surface area contributed by atoms with Crippen LogP contribution in [0.1, 0.15) is 38.2 Å². The molecule has 4 heteroatoms. The van der Waals surface area contributed by atoms with Gasteiger partial charge < -0.3 is 14.8 Å². The van der Waals surface area contributed by atoms with Crippen LogP contribution in [-0.2, 0) is 6.54 Å². The SMILES string of the molecule is CC1CCCC(O)(CNCc2c(Cl)oc3ccccc23)C1. The minimum Gasteiger partial charge on any atom is -0.444 e. The van der Waals surface area contributed by atoms with Gasteiger partial charge >= 0.3 is 0 Å². The number of aliphatic hydroxyl groups is 1. The Kier molecular flexibility index (Phi) is 4.25. The van der Waals surface area contributed by atoms with E-state index < -0.39 is 5.60 Å². The number of rotatable bonds is 4. The number of benzene rings is 1. The fourth-order valence-electron chi connectivity index (χ4n) is 3.45. The number of para-hydroxylation sites is 1. The molecule has 1 fully saturated rings. The zero-order chi connectivity index (χ0) is 14.9. The minimum absolute atomic E-state index is 0.438. The van der Waals surface area contributed by atoms with Crippen molar-refractivity contribution in [2.45, 2.75) is 44.8 Å². The average Bonchev–Trinajstić information content (AvgIpc) is 2.75. The molecule has 3 rings (SSSR count). The molecule has 2 aromatic rings. The Hall–Kier alpha value is -1.03. The largest absolute Gasteiger partial charge is 0.444 e. The first-order valence-electron chi connectivity index (χ1n) is 7.66. The van der Waals surface area contributed by atoms with Crippen molar-refractivity contribution in [1.29, 1.82) is 0 Å². The van der Waals surface area contributed by atoms with Crippen molar-refractivity contribution in [2.24, 2.45) is 5.92 Å². The number of furan rings is 1. The van der Waals surface area contributed by atoms with Crippen LogP contribution in [0, 0.1) is 5.92 Å². The highest BCUT2D eigenvalue weighted by Gasteiger charge is 2.32. The summed E-state index contributed by atoms with van der Waals surface area (Å²) in [5, 5.41) is 15.5. The molecule has 1 aliphatic carbocycles. The summed E-state index contributed by atoms with van der Waals surface area (Å²) < 4.78 is 5.55. The number of hydrogen-bond acceptors (Lipinski definition) is 3. The molecule has 1 heterocycles. The quantitative estimate of drug-likeness (QED) is 0.893. The second-order valence-corrected chi connectivity index (χ2v) is 6.72. The minimum atomic E-state index is -0.580. The van der Waals surface area contributed by atoms with Gasteiger partial charge in [-0.2, -0.15) is 0 Å². The molecule has 1 aromatic carbocycles. The van der Waals surface area contributed by atoms with Crippen LogP contribution in [0.15, 0.2) is 28.7 Å². The summed E-state index contributed by atoms with van der Waals surface area (Å²) in [5.41, 5.74) is 1.20. The maximum absolute atomic E-state index is 10.6. The Morgan fingerprint density at radius 1 is 1.43 bits per heavy atom. The highest BCUT2D eigenvalue weighted by molar-refractivity contribution is 6.30. The molecule has 2 unspecified atom stereocenters. The van der Waals surface area contributed by atoms with Gasteiger partial charge in [-0.3, -0.25) is 0 Å². The van der Waals surface area contributed by atoms with Crippen LogP contribution < -0.4 is 5.32 Å². The average molecular weight is 308 g/mol. The molecule has 1 aromatic heterocycles. The summed E-state index contributed by atoms with van der Waals surface area (Å²) in [6, 6.07) is 7.85. The predicted molar refractivity (Wildman–Crippen MR) is 85.5 cm³/mol. The van der Waals surface area contributed by atoms with Crippen LogP contribution >= 0.6 is 11.6 Å². The topological polar surface area (TPSA) is 45.4 Å². The van der Waals surface area contributed by atoms with E-state index in [1.165, 1.54) is 6.42 Å². The maximum atomic E-state index is 10.6. The third-order valence-electron chi connectivity index (χ3n) is 4.47. The predicted octanol–water partition coefficient (Wildman–Crippen LogP) is 4.12. The van der Waals surface area contributed by atoms with E-state index in [4.69, 9.17) is 16.0 Å². The third-order valence-corrected chi connectivity index (χ3v) is 4.78. The van der Waals surface area contributed by atoms with Gasteiger partial charge in [0.15, 0.2) is 5.22 Å². The van der Waals surface area contributed by atoms with E-state index in [9.17, 15) is 5.11 Å². The van der Waals surface area contributed by atoms with Gasteiger partial charge in [0.1, 0.15) is 5.58 Å². The molecule has 0 aliphatic heterocycles. The monoisotopic (exact) mass is 307 g/mol. The molecular weight excluding hydrogens is 286 g/mol. The Morgan fingerprint density at radius 3 is 3.05 bits per heavy atom. The summed E-state index contributed by atoms with van der Waals surface area (Å²) in [6.45, 7) is 3.43. The summed E-state index contributed by atoms with van der Waals surface area (Å²) in [6.07, 6.45) is 4.08. The molecule has 0 radical (unpaired) electrons. The normalized spacial score (nSPS) is 26.3. The zero-order valence-electron chi connectivity index (χ0n) is 12.4. The second-order valence-electron chi connectivity index (χ2n) is 6.38. The van der Waals surface area contributed by atoms with E-state index in [1.807, 2.05) is 24.3 Å². The van der Waals surface area contributed by atoms with Crippen LogP contribution in [-0.4, -0.2) is 17.3 Å². The van der Waals surface area contributed by atoms with Crippen molar-refractivity contribution in [3.63, 3.8) is 0 Å². The maximum Gasteiger partial charge on any atom is 0.199 e. The third kappa shape index (κ3) is 3.25. The van der Waals surface area contributed by atoms with E-state index in [-0.39, 0.29) is 0 Å². The first kappa shape index (κ1) is 14.9. The highest BCUT2D eigenvalue weighted by Crippen LogP contribution is 2.32. The molecule has 2 N–H and O–H groups in total.